The Kier molecular flexibility index (Phi) is 6.08. The molecule has 0 amide bonds. The molecule has 0 saturated heterocycles. The Morgan fingerprint density at radius 2 is 1.94 bits per heavy atom. The molecule has 0 aliphatic rings. The minimum atomic E-state index is -2.22. The molecule has 1 aromatic heterocycles. The molecule has 17 heavy (non-hydrogen) atoms. The molecular formula is C11H11N2NaO2S. The zero-order chi connectivity index (χ0) is 11.4. The Balaban J connectivity index is 0.00000144. The maximum absolute atomic E-state index is 10.8. The van der Waals surface area contributed by atoms with Gasteiger partial charge < -0.3 is 4.55 Å². The maximum Gasteiger partial charge on any atom is 1.00 e. The number of rotatable bonds is 4. The molecule has 0 aliphatic carbocycles. The van der Waals surface area contributed by atoms with Crippen molar-refractivity contribution in [3.05, 3.63) is 48.2 Å². The summed E-state index contributed by atoms with van der Waals surface area (Å²) < 4.78 is 23.2. The van der Waals surface area contributed by atoms with E-state index in [4.69, 9.17) is 0 Å². The van der Waals surface area contributed by atoms with E-state index in [1.165, 1.54) is 22.5 Å². The Labute approximate surface area is 125 Å². The monoisotopic (exact) mass is 258 g/mol. The quantitative estimate of drug-likeness (QED) is 0.488. The molecule has 1 unspecified atom stereocenters. The van der Waals surface area contributed by atoms with Gasteiger partial charge in [0.05, 0.1) is 6.20 Å². The Morgan fingerprint density at radius 1 is 1.24 bits per heavy atom. The molecule has 0 fully saturated rings. The summed E-state index contributed by atoms with van der Waals surface area (Å²) in [4.78, 5) is 0. The van der Waals surface area contributed by atoms with Crippen molar-refractivity contribution < 1.29 is 38.3 Å². The average molecular weight is 258 g/mol. The molecule has 0 aliphatic heterocycles. The smallest absolute Gasteiger partial charge is 0.767 e. The zero-order valence-electron chi connectivity index (χ0n) is 9.57. The fourth-order valence-electron chi connectivity index (χ4n) is 1.51. The van der Waals surface area contributed by atoms with Gasteiger partial charge in [-0.2, -0.15) is 5.10 Å². The van der Waals surface area contributed by atoms with Gasteiger partial charge in [-0.25, -0.2) is 0 Å². The van der Waals surface area contributed by atoms with Crippen molar-refractivity contribution in [2.75, 3.05) is 0 Å². The maximum atomic E-state index is 10.8. The van der Waals surface area contributed by atoms with Gasteiger partial charge in [-0.1, -0.05) is 30.3 Å². The average Bonchev–Trinajstić information content (AvgIpc) is 2.76. The van der Waals surface area contributed by atoms with E-state index in [1.54, 1.807) is 0 Å². The largest absolute Gasteiger partial charge is 1.00 e. The van der Waals surface area contributed by atoms with Crippen molar-refractivity contribution in [1.29, 1.82) is 0 Å². The molecule has 0 radical (unpaired) electrons. The number of nitrogens with zero attached hydrogens (tertiary/aromatic N) is 2. The van der Waals surface area contributed by atoms with Crippen LogP contribution in [0.1, 0.15) is 5.56 Å². The molecule has 4 nitrogen and oxygen atoms in total. The summed E-state index contributed by atoms with van der Waals surface area (Å²) in [6.07, 6.45) is 2.27. The number of hydrogen-bond acceptors (Lipinski definition) is 3. The van der Waals surface area contributed by atoms with E-state index in [0.717, 1.165) is 6.42 Å². The molecule has 0 N–H and O–H groups in total. The summed E-state index contributed by atoms with van der Waals surface area (Å²) in [7, 11) is 0. The van der Waals surface area contributed by atoms with Gasteiger partial charge >= 0.3 is 29.6 Å². The molecule has 2 rings (SSSR count). The van der Waals surface area contributed by atoms with Crippen molar-refractivity contribution in [1.82, 2.24) is 9.78 Å². The summed E-state index contributed by atoms with van der Waals surface area (Å²) in [6.45, 7) is 0.570. The van der Waals surface area contributed by atoms with Gasteiger partial charge in [0.1, 0.15) is 5.03 Å². The third kappa shape index (κ3) is 4.04. The number of hydrogen-bond donors (Lipinski definition) is 0. The van der Waals surface area contributed by atoms with Crippen molar-refractivity contribution in [3.8, 4) is 0 Å². The first-order valence-corrected chi connectivity index (χ1v) is 6.00. The zero-order valence-corrected chi connectivity index (χ0v) is 12.4. The van der Waals surface area contributed by atoms with Crippen LogP contribution in [0.3, 0.4) is 0 Å². The van der Waals surface area contributed by atoms with E-state index >= 15 is 0 Å². The molecule has 0 spiro atoms. The van der Waals surface area contributed by atoms with Crippen LogP contribution in [0.15, 0.2) is 47.6 Å². The number of benzene rings is 1. The first-order chi connectivity index (χ1) is 7.77. The second-order valence-electron chi connectivity index (χ2n) is 3.36. The summed E-state index contributed by atoms with van der Waals surface area (Å²) >= 11 is -2.22. The van der Waals surface area contributed by atoms with Gasteiger partial charge in [-0.15, -0.1) is 0 Å². The van der Waals surface area contributed by atoms with E-state index in [9.17, 15) is 8.76 Å². The second kappa shape index (κ2) is 7.08. The van der Waals surface area contributed by atoms with E-state index < -0.39 is 11.1 Å². The van der Waals surface area contributed by atoms with Crippen LogP contribution in [0.5, 0.6) is 0 Å². The van der Waals surface area contributed by atoms with Crippen LogP contribution >= 0.6 is 0 Å². The number of aryl methyl sites for hydroxylation is 2. The van der Waals surface area contributed by atoms with Gasteiger partial charge in [0.15, 0.2) is 0 Å². The Morgan fingerprint density at radius 3 is 2.59 bits per heavy atom. The first-order valence-electron chi connectivity index (χ1n) is 4.92. The molecule has 1 atom stereocenters. The van der Waals surface area contributed by atoms with Crippen LogP contribution < -0.4 is 29.6 Å². The predicted octanol–water partition coefficient (Wildman–Crippen LogP) is -1.63. The fraction of sp³-hybridized carbons (Fsp3) is 0.182. The van der Waals surface area contributed by atoms with Gasteiger partial charge in [0.2, 0.25) is 0 Å². The Hall–Kier alpha value is -0.460. The van der Waals surface area contributed by atoms with Crippen molar-refractivity contribution in [2.24, 2.45) is 0 Å². The molecule has 1 heterocycles. The molecular weight excluding hydrogens is 247 g/mol. The third-order valence-corrected chi connectivity index (χ3v) is 2.99. The summed E-state index contributed by atoms with van der Waals surface area (Å²) in [5.41, 5.74) is 1.17. The van der Waals surface area contributed by atoms with Gasteiger partial charge in [-0.05, 0) is 29.1 Å². The molecule has 84 valence electrons. The topological polar surface area (TPSA) is 57.9 Å². The summed E-state index contributed by atoms with van der Waals surface area (Å²) in [5, 5.41) is 4.21. The van der Waals surface area contributed by atoms with Crippen LogP contribution in [0.25, 0.3) is 0 Å². The van der Waals surface area contributed by atoms with Crippen LogP contribution in [-0.4, -0.2) is 18.5 Å². The Bertz CT molecular complexity index is 487. The normalized spacial score (nSPS) is 11.8. The van der Waals surface area contributed by atoms with Gasteiger partial charge in [-0.3, -0.25) is 8.89 Å². The molecule has 6 heteroatoms. The van der Waals surface area contributed by atoms with Gasteiger partial charge in [0, 0.05) is 6.54 Å². The summed E-state index contributed by atoms with van der Waals surface area (Å²) in [5.74, 6) is 0. The van der Waals surface area contributed by atoms with E-state index in [0.29, 0.717) is 6.54 Å². The van der Waals surface area contributed by atoms with Crippen LogP contribution in [0.2, 0.25) is 0 Å². The third-order valence-electron chi connectivity index (χ3n) is 2.30. The first kappa shape index (κ1) is 14.6. The van der Waals surface area contributed by atoms with Crippen LogP contribution in [-0.2, 0) is 24.0 Å². The van der Waals surface area contributed by atoms with Crippen molar-refractivity contribution in [2.45, 2.75) is 18.0 Å². The molecule has 2 aromatic rings. The minimum absolute atomic E-state index is 0. The van der Waals surface area contributed by atoms with E-state index in [-0.39, 0.29) is 34.6 Å². The van der Waals surface area contributed by atoms with Crippen LogP contribution in [0.4, 0.5) is 0 Å². The number of aromatic nitrogens is 2. The molecule has 0 saturated carbocycles. The van der Waals surface area contributed by atoms with Crippen LogP contribution in [0, 0.1) is 0 Å². The fourth-order valence-corrected chi connectivity index (χ4v) is 1.99. The second-order valence-corrected chi connectivity index (χ2v) is 4.25. The summed E-state index contributed by atoms with van der Waals surface area (Å²) in [6, 6.07) is 11.4. The standard InChI is InChI=1S/C11H12N2O2S.Na/c14-16(15)11-6-8-12-13(11)9-7-10-4-2-1-3-5-10;/h1-6,8H,7,9H2,(H,14,15);/q;+1/p-1. The van der Waals surface area contributed by atoms with Crippen molar-refractivity contribution in [3.63, 3.8) is 0 Å². The minimum Gasteiger partial charge on any atom is -0.767 e. The molecule has 0 bridgehead atoms. The van der Waals surface area contributed by atoms with E-state index in [1.807, 2.05) is 30.3 Å². The van der Waals surface area contributed by atoms with E-state index in [2.05, 4.69) is 5.10 Å². The van der Waals surface area contributed by atoms with Gasteiger partial charge in [0.25, 0.3) is 0 Å². The van der Waals surface area contributed by atoms with Crippen molar-refractivity contribution >= 4 is 11.1 Å². The molecule has 1 aromatic carbocycles. The predicted molar refractivity (Wildman–Crippen MR) is 59.6 cm³/mol. The SMILES string of the molecule is O=S([O-])c1ccnn1CCc1ccccc1.[Na+].